The van der Waals surface area contributed by atoms with Gasteiger partial charge in [-0.15, -0.1) is 11.3 Å². The van der Waals surface area contributed by atoms with E-state index in [2.05, 4.69) is 15.3 Å². The maximum Gasteiger partial charge on any atom is 0.449 e. The molecule has 0 radical (unpaired) electrons. The number of imidazole rings is 1. The van der Waals surface area contributed by atoms with E-state index in [1.807, 2.05) is 12.3 Å². The number of thiazole rings is 1. The van der Waals surface area contributed by atoms with Gasteiger partial charge in [0.1, 0.15) is 6.54 Å². The first-order chi connectivity index (χ1) is 13.8. The third-order valence-corrected chi connectivity index (χ3v) is 5.07. The monoisotopic (exact) mass is 416 g/mol. The van der Waals surface area contributed by atoms with Crippen molar-refractivity contribution in [3.05, 3.63) is 64.7 Å². The Bertz CT molecular complexity index is 1180. The van der Waals surface area contributed by atoms with E-state index in [0.717, 1.165) is 20.8 Å². The molecule has 0 unspecified atom stereocenters. The van der Waals surface area contributed by atoms with Gasteiger partial charge in [-0.25, -0.2) is 9.97 Å². The molecule has 0 saturated heterocycles. The summed E-state index contributed by atoms with van der Waals surface area (Å²) in [6.45, 7) is 1.42. The maximum absolute atomic E-state index is 13.4. The summed E-state index contributed by atoms with van der Waals surface area (Å²) >= 11 is 1.54. The third-order valence-electron chi connectivity index (χ3n) is 4.29. The van der Waals surface area contributed by atoms with Crippen molar-refractivity contribution in [2.24, 2.45) is 0 Å². The van der Waals surface area contributed by atoms with Crippen LogP contribution in [0.15, 0.2) is 53.9 Å². The molecular formula is C20H15F3N4OS. The molecule has 0 spiro atoms. The Hall–Kier alpha value is -3.20. The van der Waals surface area contributed by atoms with Gasteiger partial charge in [-0.1, -0.05) is 24.3 Å². The average Bonchev–Trinajstić information content (AvgIpc) is 3.26. The second kappa shape index (κ2) is 7.32. The van der Waals surface area contributed by atoms with E-state index in [1.165, 1.54) is 23.5 Å². The molecule has 0 aliphatic carbocycles. The molecule has 29 heavy (non-hydrogen) atoms. The number of amides is 1. The van der Waals surface area contributed by atoms with Gasteiger partial charge >= 0.3 is 6.18 Å². The molecule has 1 N–H and O–H groups in total. The average molecular weight is 416 g/mol. The lowest BCUT2D eigenvalue weighted by atomic mass is 10.1. The molecule has 2 heterocycles. The van der Waals surface area contributed by atoms with E-state index >= 15 is 0 Å². The maximum atomic E-state index is 13.4. The molecule has 4 aromatic rings. The van der Waals surface area contributed by atoms with E-state index < -0.39 is 24.5 Å². The summed E-state index contributed by atoms with van der Waals surface area (Å²) in [5.41, 5.74) is 2.67. The van der Waals surface area contributed by atoms with E-state index in [4.69, 9.17) is 0 Å². The lowest BCUT2D eigenvalue weighted by molar-refractivity contribution is -0.147. The van der Waals surface area contributed by atoms with Crippen LogP contribution in [-0.2, 0) is 17.5 Å². The number of fused-ring (bicyclic) bond motifs is 1. The molecule has 4 rings (SSSR count). The Labute approximate surface area is 167 Å². The summed E-state index contributed by atoms with van der Waals surface area (Å²) in [7, 11) is 0. The molecule has 2 aromatic carbocycles. The highest BCUT2D eigenvalue weighted by Crippen LogP contribution is 2.31. The molecular weight excluding hydrogens is 401 g/mol. The molecule has 2 aromatic heterocycles. The Balaban J connectivity index is 1.54. The highest BCUT2D eigenvalue weighted by atomic mass is 32.1. The number of rotatable bonds is 4. The molecule has 9 heteroatoms. The zero-order valence-electron chi connectivity index (χ0n) is 15.2. The predicted octanol–water partition coefficient (Wildman–Crippen LogP) is 5.13. The minimum Gasteiger partial charge on any atom is -0.325 e. The second-order valence-electron chi connectivity index (χ2n) is 6.39. The first-order valence-corrected chi connectivity index (χ1v) is 9.54. The summed E-state index contributed by atoms with van der Waals surface area (Å²) in [5.74, 6) is -1.67. The standard InChI is InChI=1S/C20H15F3N4OS/c1-12-24-16(11-29-12)13-6-8-14(9-7-13)25-18(28)10-27-17-5-3-2-4-15(17)26-19(27)20(21,22)23/h2-9,11H,10H2,1H3,(H,25,28). The topological polar surface area (TPSA) is 59.8 Å². The van der Waals surface area contributed by atoms with Gasteiger partial charge in [-0.2, -0.15) is 13.2 Å². The number of aryl methyl sites for hydroxylation is 1. The summed E-state index contributed by atoms with van der Waals surface area (Å²) < 4.78 is 40.9. The number of carbonyl (C=O) groups excluding carboxylic acids is 1. The minimum atomic E-state index is -4.66. The van der Waals surface area contributed by atoms with Crippen molar-refractivity contribution >= 4 is 34.0 Å². The zero-order chi connectivity index (χ0) is 20.6. The number of halogens is 3. The van der Waals surface area contributed by atoms with Crippen LogP contribution in [0.3, 0.4) is 0 Å². The number of anilines is 1. The Morgan fingerprint density at radius 1 is 1.10 bits per heavy atom. The van der Waals surface area contributed by atoms with E-state index in [1.54, 1.807) is 36.4 Å². The van der Waals surface area contributed by atoms with Crippen LogP contribution in [0.2, 0.25) is 0 Å². The van der Waals surface area contributed by atoms with Gasteiger partial charge in [0.2, 0.25) is 11.7 Å². The minimum absolute atomic E-state index is 0.190. The molecule has 0 saturated carbocycles. The molecule has 0 fully saturated rings. The molecule has 148 valence electrons. The second-order valence-corrected chi connectivity index (χ2v) is 7.45. The van der Waals surface area contributed by atoms with Crippen LogP contribution in [0.5, 0.6) is 0 Å². The van der Waals surface area contributed by atoms with E-state index in [9.17, 15) is 18.0 Å². The molecule has 1 amide bonds. The molecule has 0 atom stereocenters. The van der Waals surface area contributed by atoms with Crippen molar-refractivity contribution in [2.45, 2.75) is 19.6 Å². The zero-order valence-corrected chi connectivity index (χ0v) is 16.0. The number of hydrogen-bond donors (Lipinski definition) is 1. The van der Waals surface area contributed by atoms with Gasteiger partial charge in [-0.3, -0.25) is 4.79 Å². The number of carbonyl (C=O) groups is 1. The van der Waals surface area contributed by atoms with E-state index in [-0.39, 0.29) is 11.0 Å². The van der Waals surface area contributed by atoms with Crippen molar-refractivity contribution in [3.63, 3.8) is 0 Å². The Morgan fingerprint density at radius 2 is 1.83 bits per heavy atom. The number of nitrogens with zero attached hydrogens (tertiary/aromatic N) is 3. The normalized spacial score (nSPS) is 11.7. The quantitative estimate of drug-likeness (QED) is 0.502. The molecule has 0 bridgehead atoms. The van der Waals surface area contributed by atoms with Gasteiger partial charge in [-0.05, 0) is 31.2 Å². The first-order valence-electron chi connectivity index (χ1n) is 8.66. The van der Waals surface area contributed by atoms with E-state index in [0.29, 0.717) is 5.69 Å². The largest absolute Gasteiger partial charge is 0.449 e. The SMILES string of the molecule is Cc1nc(-c2ccc(NC(=O)Cn3c(C(F)(F)F)nc4ccccc43)cc2)cs1. The van der Waals surface area contributed by atoms with Crippen molar-refractivity contribution in [2.75, 3.05) is 5.32 Å². The Morgan fingerprint density at radius 3 is 2.48 bits per heavy atom. The van der Waals surface area contributed by atoms with Crippen LogP contribution >= 0.6 is 11.3 Å². The van der Waals surface area contributed by atoms with Gasteiger partial charge in [0.15, 0.2) is 0 Å². The number of hydrogen-bond acceptors (Lipinski definition) is 4. The van der Waals surface area contributed by atoms with Crippen molar-refractivity contribution in [1.29, 1.82) is 0 Å². The fourth-order valence-electron chi connectivity index (χ4n) is 3.02. The first kappa shape index (κ1) is 19.1. The number of alkyl halides is 3. The van der Waals surface area contributed by atoms with Crippen LogP contribution in [-0.4, -0.2) is 20.4 Å². The predicted molar refractivity (Wildman–Crippen MR) is 106 cm³/mol. The summed E-state index contributed by atoms with van der Waals surface area (Å²) in [6.07, 6.45) is -4.66. The van der Waals surface area contributed by atoms with Crippen molar-refractivity contribution in [3.8, 4) is 11.3 Å². The van der Waals surface area contributed by atoms with Crippen LogP contribution in [0, 0.1) is 6.92 Å². The van der Waals surface area contributed by atoms with Gasteiger partial charge in [0, 0.05) is 16.6 Å². The molecule has 5 nitrogen and oxygen atoms in total. The smallest absolute Gasteiger partial charge is 0.325 e. The number of aromatic nitrogens is 3. The van der Waals surface area contributed by atoms with Crippen molar-refractivity contribution < 1.29 is 18.0 Å². The third kappa shape index (κ3) is 4.00. The van der Waals surface area contributed by atoms with Gasteiger partial charge in [0.05, 0.1) is 21.7 Å². The number of benzene rings is 2. The van der Waals surface area contributed by atoms with Gasteiger partial charge < -0.3 is 9.88 Å². The summed E-state index contributed by atoms with van der Waals surface area (Å²) in [4.78, 5) is 20.5. The fourth-order valence-corrected chi connectivity index (χ4v) is 3.64. The van der Waals surface area contributed by atoms with Gasteiger partial charge in [0.25, 0.3) is 0 Å². The lowest BCUT2D eigenvalue weighted by Gasteiger charge is -2.12. The highest BCUT2D eigenvalue weighted by molar-refractivity contribution is 7.09. The Kier molecular flexibility index (Phi) is 4.83. The molecule has 0 aliphatic heterocycles. The van der Waals surface area contributed by atoms with Crippen molar-refractivity contribution in [1.82, 2.24) is 14.5 Å². The lowest BCUT2D eigenvalue weighted by Crippen LogP contribution is -2.23. The summed E-state index contributed by atoms with van der Waals surface area (Å²) in [5, 5.41) is 5.52. The number of nitrogens with one attached hydrogen (secondary N) is 1. The molecule has 0 aliphatic rings. The fraction of sp³-hybridized carbons (Fsp3) is 0.150. The number of para-hydroxylation sites is 2. The van der Waals surface area contributed by atoms with Crippen LogP contribution in [0.25, 0.3) is 22.3 Å². The van der Waals surface area contributed by atoms with Crippen LogP contribution in [0.4, 0.5) is 18.9 Å². The van der Waals surface area contributed by atoms with Crippen LogP contribution < -0.4 is 5.32 Å². The highest BCUT2D eigenvalue weighted by Gasteiger charge is 2.38. The summed E-state index contributed by atoms with van der Waals surface area (Å²) in [6, 6.07) is 13.2. The van der Waals surface area contributed by atoms with Crippen LogP contribution in [0.1, 0.15) is 10.8 Å².